The topological polar surface area (TPSA) is 25.0 Å². The van der Waals surface area contributed by atoms with E-state index in [-0.39, 0.29) is 11.6 Å². The van der Waals surface area contributed by atoms with Crippen LogP contribution in [0.2, 0.25) is 5.02 Å². The molecule has 0 amide bonds. The summed E-state index contributed by atoms with van der Waals surface area (Å²) in [5.74, 6) is 0.643. The Morgan fingerprint density at radius 3 is 2.72 bits per heavy atom. The van der Waals surface area contributed by atoms with E-state index in [1.165, 1.54) is 17.3 Å². The van der Waals surface area contributed by atoms with E-state index in [1.54, 1.807) is 6.07 Å². The highest BCUT2D eigenvalue weighted by molar-refractivity contribution is 6.31. The predicted octanol–water partition coefficient (Wildman–Crippen LogP) is 5.91. The number of H-pyrrole nitrogens is 1. The lowest BCUT2D eigenvalue weighted by atomic mass is 10.1. The lowest BCUT2D eigenvalue weighted by Crippen LogP contribution is -2.07. The first-order valence-electron chi connectivity index (χ1n) is 8.04. The molecule has 25 heavy (non-hydrogen) atoms. The maximum absolute atomic E-state index is 12.9. The van der Waals surface area contributed by atoms with Crippen LogP contribution in [0.25, 0.3) is 10.9 Å². The number of aromatic nitrogens is 1. The molecule has 130 valence electrons. The van der Waals surface area contributed by atoms with Gasteiger partial charge in [-0.3, -0.25) is 0 Å². The van der Waals surface area contributed by atoms with Crippen molar-refractivity contribution in [3.05, 3.63) is 63.8 Å². The Kier molecular flexibility index (Phi) is 3.91. The van der Waals surface area contributed by atoms with Crippen LogP contribution in [0.5, 0.6) is 5.75 Å². The number of alkyl halides is 3. The molecule has 0 spiro atoms. The van der Waals surface area contributed by atoms with Gasteiger partial charge in [-0.05, 0) is 60.7 Å². The summed E-state index contributed by atoms with van der Waals surface area (Å²) in [5, 5.41) is 0.831. The third kappa shape index (κ3) is 3.09. The monoisotopic (exact) mass is 365 g/mol. The van der Waals surface area contributed by atoms with Gasteiger partial charge in [0.05, 0.1) is 10.6 Å². The molecular formula is C19H15ClF3NO. The van der Waals surface area contributed by atoms with Crippen molar-refractivity contribution >= 4 is 22.5 Å². The van der Waals surface area contributed by atoms with Gasteiger partial charge in [-0.1, -0.05) is 17.7 Å². The lowest BCUT2D eigenvalue weighted by Gasteiger charge is -2.12. The molecule has 1 aliphatic carbocycles. The molecule has 0 unspecified atom stereocenters. The fourth-order valence-electron chi connectivity index (χ4n) is 3.36. The molecule has 1 N–H and O–H groups in total. The third-order valence-corrected chi connectivity index (χ3v) is 4.89. The number of hydrogen-bond donors (Lipinski definition) is 1. The summed E-state index contributed by atoms with van der Waals surface area (Å²) in [7, 11) is 0. The summed E-state index contributed by atoms with van der Waals surface area (Å²) in [4.78, 5) is 3.41. The van der Waals surface area contributed by atoms with Crippen molar-refractivity contribution in [3.8, 4) is 5.75 Å². The summed E-state index contributed by atoms with van der Waals surface area (Å²) in [5.41, 5.74) is 3.26. The second kappa shape index (κ2) is 5.99. The number of aromatic amines is 1. The number of nitrogens with one attached hydrogen (secondary N) is 1. The Labute approximate surface area is 147 Å². The van der Waals surface area contributed by atoms with Crippen molar-refractivity contribution in [3.63, 3.8) is 0 Å². The molecule has 0 bridgehead atoms. The summed E-state index contributed by atoms with van der Waals surface area (Å²) < 4.78 is 44.5. The molecule has 2 nitrogen and oxygen atoms in total. The van der Waals surface area contributed by atoms with Gasteiger partial charge in [-0.25, -0.2) is 0 Å². The third-order valence-electron chi connectivity index (χ3n) is 4.56. The minimum absolute atomic E-state index is 0.0539. The van der Waals surface area contributed by atoms with Crippen LogP contribution in [-0.4, -0.2) is 4.98 Å². The van der Waals surface area contributed by atoms with Gasteiger partial charge in [0, 0.05) is 16.6 Å². The highest BCUT2D eigenvalue weighted by Crippen LogP contribution is 2.36. The van der Waals surface area contributed by atoms with Gasteiger partial charge >= 0.3 is 6.18 Å². The highest BCUT2D eigenvalue weighted by Gasteiger charge is 2.33. The minimum Gasteiger partial charge on any atom is -0.489 e. The second-order valence-electron chi connectivity index (χ2n) is 6.24. The molecular weight excluding hydrogens is 351 g/mol. The number of fused-ring (bicyclic) bond motifs is 3. The Morgan fingerprint density at radius 2 is 1.92 bits per heavy atom. The van der Waals surface area contributed by atoms with Crippen molar-refractivity contribution in [2.75, 3.05) is 0 Å². The van der Waals surface area contributed by atoms with Crippen LogP contribution in [0.1, 0.15) is 28.8 Å². The fourth-order valence-corrected chi connectivity index (χ4v) is 3.58. The van der Waals surface area contributed by atoms with Crippen molar-refractivity contribution < 1.29 is 17.9 Å². The first-order chi connectivity index (χ1) is 11.9. The first-order valence-corrected chi connectivity index (χ1v) is 8.41. The molecule has 6 heteroatoms. The number of halogens is 4. The van der Waals surface area contributed by atoms with Gasteiger partial charge in [0.25, 0.3) is 0 Å². The Morgan fingerprint density at radius 1 is 1.08 bits per heavy atom. The zero-order chi connectivity index (χ0) is 17.6. The van der Waals surface area contributed by atoms with E-state index in [4.69, 9.17) is 16.3 Å². The highest BCUT2D eigenvalue weighted by atomic mass is 35.5. The summed E-state index contributed by atoms with van der Waals surface area (Å²) in [6, 6.07) is 9.57. The van der Waals surface area contributed by atoms with E-state index in [0.717, 1.165) is 36.2 Å². The Hall–Kier alpha value is -2.14. The summed E-state index contributed by atoms with van der Waals surface area (Å²) in [6.45, 7) is 0.0539. The molecule has 4 rings (SSSR count). The molecule has 0 atom stereocenters. The van der Waals surface area contributed by atoms with Crippen molar-refractivity contribution in [2.45, 2.75) is 32.0 Å². The molecule has 1 aliphatic rings. The van der Waals surface area contributed by atoms with Crippen molar-refractivity contribution in [1.82, 2.24) is 4.98 Å². The fraction of sp³-hybridized carbons (Fsp3) is 0.263. The average molecular weight is 366 g/mol. The predicted molar refractivity (Wildman–Crippen MR) is 91.1 cm³/mol. The number of benzene rings is 2. The van der Waals surface area contributed by atoms with Crippen LogP contribution in [0.3, 0.4) is 0 Å². The lowest BCUT2D eigenvalue weighted by molar-refractivity contribution is -0.137. The van der Waals surface area contributed by atoms with E-state index in [2.05, 4.69) is 4.98 Å². The number of rotatable bonds is 3. The summed E-state index contributed by atoms with van der Waals surface area (Å²) >= 11 is 5.64. The SMILES string of the molecule is FC(F)(F)c1cc(COc2ccc3[nH]c4c(c3c2)CCC4)ccc1Cl. The number of aryl methyl sites for hydroxylation is 2. The largest absolute Gasteiger partial charge is 0.489 e. The van der Waals surface area contributed by atoms with Crippen molar-refractivity contribution in [1.29, 1.82) is 0 Å². The molecule has 1 aromatic heterocycles. The molecule has 0 radical (unpaired) electrons. The first kappa shape index (κ1) is 16.3. The molecule has 0 fully saturated rings. The quantitative estimate of drug-likeness (QED) is 0.613. The van der Waals surface area contributed by atoms with Crippen LogP contribution < -0.4 is 4.74 Å². The normalized spacial score (nSPS) is 14.1. The van der Waals surface area contributed by atoms with E-state index >= 15 is 0 Å². The smallest absolute Gasteiger partial charge is 0.417 e. The number of hydrogen-bond acceptors (Lipinski definition) is 1. The van der Waals surface area contributed by atoms with Gasteiger partial charge in [-0.2, -0.15) is 13.2 Å². The van der Waals surface area contributed by atoms with Crippen molar-refractivity contribution in [2.24, 2.45) is 0 Å². The molecule has 2 aromatic carbocycles. The number of ether oxygens (including phenoxy) is 1. The maximum atomic E-state index is 12.9. The van der Waals surface area contributed by atoms with Gasteiger partial charge < -0.3 is 9.72 Å². The van der Waals surface area contributed by atoms with Gasteiger partial charge in [-0.15, -0.1) is 0 Å². The molecule has 1 heterocycles. The van der Waals surface area contributed by atoms with Gasteiger partial charge in [0.1, 0.15) is 12.4 Å². The van der Waals surface area contributed by atoms with Crippen LogP contribution in [-0.2, 0) is 25.6 Å². The Bertz CT molecular complexity index is 946. The molecule has 0 saturated heterocycles. The Balaban J connectivity index is 1.56. The average Bonchev–Trinajstić information content (AvgIpc) is 3.14. The maximum Gasteiger partial charge on any atom is 0.417 e. The van der Waals surface area contributed by atoms with Crippen LogP contribution in [0.15, 0.2) is 36.4 Å². The van der Waals surface area contributed by atoms with E-state index in [1.807, 2.05) is 18.2 Å². The zero-order valence-corrected chi connectivity index (χ0v) is 14.0. The molecule has 3 aromatic rings. The van der Waals surface area contributed by atoms with E-state index in [0.29, 0.717) is 11.3 Å². The van der Waals surface area contributed by atoms with E-state index in [9.17, 15) is 13.2 Å². The van der Waals surface area contributed by atoms with Crippen LogP contribution in [0.4, 0.5) is 13.2 Å². The van der Waals surface area contributed by atoms with Gasteiger partial charge in [0.15, 0.2) is 0 Å². The second-order valence-corrected chi connectivity index (χ2v) is 6.65. The summed E-state index contributed by atoms with van der Waals surface area (Å²) in [6.07, 6.45) is -1.22. The van der Waals surface area contributed by atoms with E-state index < -0.39 is 11.7 Å². The standard InChI is InChI=1S/C19H15ClF3NO/c20-16-6-4-11(8-15(16)19(21,22)23)10-25-12-5-7-18-14(9-12)13-2-1-3-17(13)24-18/h4-9,24H,1-3,10H2. The van der Waals surface area contributed by atoms with Crippen LogP contribution in [0, 0.1) is 0 Å². The minimum atomic E-state index is -4.47. The van der Waals surface area contributed by atoms with Crippen LogP contribution >= 0.6 is 11.6 Å². The molecule has 0 aliphatic heterocycles. The zero-order valence-electron chi connectivity index (χ0n) is 13.2. The van der Waals surface area contributed by atoms with Gasteiger partial charge in [0.2, 0.25) is 0 Å². The molecule has 0 saturated carbocycles.